The summed E-state index contributed by atoms with van der Waals surface area (Å²) in [5, 5.41) is 17.7. The van der Waals surface area contributed by atoms with Gasteiger partial charge < -0.3 is 11.1 Å². The number of benzene rings is 1. The predicted molar refractivity (Wildman–Crippen MR) is 108 cm³/mol. The Labute approximate surface area is 157 Å². The lowest BCUT2D eigenvalue weighted by Crippen LogP contribution is -2.10. The van der Waals surface area contributed by atoms with Gasteiger partial charge in [-0.05, 0) is 42.4 Å². The first-order valence-corrected chi connectivity index (χ1v) is 8.94. The van der Waals surface area contributed by atoms with Gasteiger partial charge in [-0.2, -0.15) is 0 Å². The standard InChI is InChI=1S/C21H21N5O/c1-12(26-27)13-6-8-14(9-7-13)20-16-5-3-2-4-15(16)19-17(10-22)18(23)11-24-21(19)25-20/h6-11,22,26-27H,1-5,23H2. The molecule has 0 bridgehead atoms. The van der Waals surface area contributed by atoms with E-state index in [2.05, 4.69) is 17.0 Å². The van der Waals surface area contributed by atoms with Crippen molar-refractivity contribution in [1.82, 2.24) is 15.4 Å². The van der Waals surface area contributed by atoms with Crippen LogP contribution in [0.15, 0.2) is 37.0 Å². The van der Waals surface area contributed by atoms with E-state index < -0.39 is 0 Å². The molecule has 27 heavy (non-hydrogen) atoms. The molecule has 0 atom stereocenters. The average Bonchev–Trinajstić information content (AvgIpc) is 2.72. The Hall–Kier alpha value is -3.25. The van der Waals surface area contributed by atoms with Crippen molar-refractivity contribution >= 4 is 28.6 Å². The third-order valence-corrected chi connectivity index (χ3v) is 5.19. The fourth-order valence-corrected chi connectivity index (χ4v) is 3.82. The second-order valence-electron chi connectivity index (χ2n) is 6.76. The second kappa shape index (κ2) is 6.81. The van der Waals surface area contributed by atoms with Crippen LogP contribution in [0.2, 0.25) is 0 Å². The molecule has 0 aliphatic heterocycles. The van der Waals surface area contributed by atoms with Gasteiger partial charge in [0, 0.05) is 22.7 Å². The monoisotopic (exact) mass is 359 g/mol. The number of fused-ring (bicyclic) bond motifs is 3. The molecule has 2 heterocycles. The van der Waals surface area contributed by atoms with E-state index in [-0.39, 0.29) is 0 Å². The smallest absolute Gasteiger partial charge is 0.160 e. The predicted octanol–water partition coefficient (Wildman–Crippen LogP) is 3.70. The second-order valence-corrected chi connectivity index (χ2v) is 6.76. The number of rotatable bonds is 4. The summed E-state index contributed by atoms with van der Waals surface area (Å²) in [5.74, 6) is 0. The van der Waals surface area contributed by atoms with E-state index in [1.807, 2.05) is 24.3 Å². The average molecular weight is 359 g/mol. The van der Waals surface area contributed by atoms with Gasteiger partial charge in [-0.25, -0.2) is 9.97 Å². The number of nitrogens with two attached hydrogens (primary N) is 1. The summed E-state index contributed by atoms with van der Waals surface area (Å²) in [6.07, 6.45) is 7.00. The van der Waals surface area contributed by atoms with Crippen molar-refractivity contribution < 1.29 is 5.21 Å². The molecule has 0 fully saturated rings. The highest BCUT2D eigenvalue weighted by atomic mass is 16.5. The molecule has 136 valence electrons. The van der Waals surface area contributed by atoms with Crippen molar-refractivity contribution in [2.24, 2.45) is 0 Å². The molecule has 0 saturated carbocycles. The van der Waals surface area contributed by atoms with Crippen LogP contribution >= 0.6 is 0 Å². The summed E-state index contributed by atoms with van der Waals surface area (Å²) in [6, 6.07) is 7.77. The maximum Gasteiger partial charge on any atom is 0.160 e. The van der Waals surface area contributed by atoms with E-state index in [1.54, 1.807) is 6.20 Å². The lowest BCUT2D eigenvalue weighted by molar-refractivity contribution is 0.225. The number of pyridine rings is 2. The molecule has 4 rings (SSSR count). The molecule has 1 aliphatic rings. The number of aromatic nitrogens is 2. The molecule has 0 spiro atoms. The molecular weight excluding hydrogens is 338 g/mol. The quantitative estimate of drug-likeness (QED) is 0.419. The minimum Gasteiger partial charge on any atom is -0.397 e. The lowest BCUT2D eigenvalue weighted by atomic mass is 9.85. The molecule has 6 nitrogen and oxygen atoms in total. The highest BCUT2D eigenvalue weighted by molar-refractivity contribution is 6.03. The van der Waals surface area contributed by atoms with Crippen LogP contribution in [-0.2, 0) is 12.8 Å². The minimum atomic E-state index is 0.447. The van der Waals surface area contributed by atoms with Crippen LogP contribution in [0.4, 0.5) is 5.69 Å². The zero-order chi connectivity index (χ0) is 19.0. The van der Waals surface area contributed by atoms with Crippen molar-refractivity contribution in [3.8, 4) is 11.3 Å². The molecule has 0 unspecified atom stereocenters. The van der Waals surface area contributed by atoms with Gasteiger partial charge in [0.15, 0.2) is 5.65 Å². The molecular formula is C21H21N5O. The van der Waals surface area contributed by atoms with Gasteiger partial charge in [-0.1, -0.05) is 30.8 Å². The number of hydrogen-bond donors (Lipinski definition) is 4. The van der Waals surface area contributed by atoms with Gasteiger partial charge in [0.1, 0.15) is 0 Å². The van der Waals surface area contributed by atoms with Crippen LogP contribution < -0.4 is 11.2 Å². The number of aryl methyl sites for hydroxylation is 1. The zero-order valence-electron chi connectivity index (χ0n) is 14.9. The maximum atomic E-state index is 9.02. The summed E-state index contributed by atoms with van der Waals surface area (Å²) >= 11 is 0. The minimum absolute atomic E-state index is 0.447. The molecule has 6 heteroatoms. The van der Waals surface area contributed by atoms with Crippen LogP contribution in [0.5, 0.6) is 0 Å². The van der Waals surface area contributed by atoms with Crippen molar-refractivity contribution in [3.63, 3.8) is 0 Å². The number of nitrogens with zero attached hydrogens (tertiary/aromatic N) is 2. The Morgan fingerprint density at radius 3 is 2.56 bits per heavy atom. The fraction of sp³-hybridized carbons (Fsp3) is 0.190. The first-order chi connectivity index (χ1) is 13.1. The largest absolute Gasteiger partial charge is 0.397 e. The molecule has 3 aromatic rings. The summed E-state index contributed by atoms with van der Waals surface area (Å²) in [4.78, 5) is 9.29. The Kier molecular flexibility index (Phi) is 4.33. The molecule has 1 aliphatic carbocycles. The normalized spacial score (nSPS) is 13.2. The number of nitrogens with one attached hydrogen (secondary N) is 2. The molecule has 0 saturated heterocycles. The fourth-order valence-electron chi connectivity index (χ4n) is 3.82. The number of anilines is 1. The van der Waals surface area contributed by atoms with Crippen LogP contribution in [0.1, 0.15) is 35.1 Å². The Morgan fingerprint density at radius 2 is 1.89 bits per heavy atom. The van der Waals surface area contributed by atoms with Gasteiger partial charge in [0.25, 0.3) is 0 Å². The van der Waals surface area contributed by atoms with Crippen LogP contribution in [-0.4, -0.2) is 21.4 Å². The summed E-state index contributed by atoms with van der Waals surface area (Å²) < 4.78 is 0. The van der Waals surface area contributed by atoms with Crippen LogP contribution in [0.3, 0.4) is 0 Å². The van der Waals surface area contributed by atoms with E-state index in [0.29, 0.717) is 22.6 Å². The number of hydrogen-bond acceptors (Lipinski definition) is 6. The van der Waals surface area contributed by atoms with Gasteiger partial charge in [-0.3, -0.25) is 10.7 Å². The van der Waals surface area contributed by atoms with Gasteiger partial charge in [-0.15, -0.1) is 0 Å². The summed E-state index contributed by atoms with van der Waals surface area (Å²) in [5.41, 5.74) is 15.6. The SMILES string of the molecule is C=C(NO)c1ccc(-c2nc3ncc(N)c(C=N)c3c3c2CCCC3)cc1. The Bertz CT molecular complexity index is 1060. The van der Waals surface area contributed by atoms with Crippen LogP contribution in [0, 0.1) is 5.41 Å². The Morgan fingerprint density at radius 1 is 1.19 bits per heavy atom. The van der Waals surface area contributed by atoms with E-state index >= 15 is 0 Å². The van der Waals surface area contributed by atoms with Crippen molar-refractivity contribution in [3.05, 3.63) is 59.3 Å². The van der Waals surface area contributed by atoms with Crippen molar-refractivity contribution in [1.29, 1.82) is 5.41 Å². The molecule has 2 aromatic heterocycles. The molecule has 5 N–H and O–H groups in total. The topological polar surface area (TPSA) is 108 Å². The maximum absolute atomic E-state index is 9.02. The van der Waals surface area contributed by atoms with Gasteiger partial charge in [0.2, 0.25) is 0 Å². The van der Waals surface area contributed by atoms with Crippen LogP contribution in [0.25, 0.3) is 28.0 Å². The highest BCUT2D eigenvalue weighted by Gasteiger charge is 2.22. The van der Waals surface area contributed by atoms with E-state index in [0.717, 1.165) is 47.9 Å². The number of hydroxylamine groups is 1. The zero-order valence-corrected chi connectivity index (χ0v) is 14.9. The third kappa shape index (κ3) is 2.84. The van der Waals surface area contributed by atoms with Crippen molar-refractivity contribution in [2.75, 3.05) is 5.73 Å². The third-order valence-electron chi connectivity index (χ3n) is 5.19. The van der Waals surface area contributed by atoms with E-state index in [4.69, 9.17) is 21.3 Å². The van der Waals surface area contributed by atoms with Gasteiger partial charge in [0.05, 0.1) is 23.3 Å². The summed E-state index contributed by atoms with van der Waals surface area (Å²) in [6.45, 7) is 3.76. The first kappa shape index (κ1) is 17.2. The van der Waals surface area contributed by atoms with E-state index in [1.165, 1.54) is 17.3 Å². The Balaban J connectivity index is 1.95. The first-order valence-electron chi connectivity index (χ1n) is 8.94. The highest BCUT2D eigenvalue weighted by Crippen LogP contribution is 2.36. The van der Waals surface area contributed by atoms with Crippen molar-refractivity contribution in [2.45, 2.75) is 25.7 Å². The van der Waals surface area contributed by atoms with Gasteiger partial charge >= 0.3 is 0 Å². The molecule has 0 amide bonds. The number of nitrogen functional groups attached to an aromatic ring is 1. The lowest BCUT2D eigenvalue weighted by Gasteiger charge is -2.22. The summed E-state index contributed by atoms with van der Waals surface area (Å²) in [7, 11) is 0. The molecule has 0 radical (unpaired) electrons. The van der Waals surface area contributed by atoms with E-state index in [9.17, 15) is 0 Å². The molecule has 1 aromatic carbocycles.